The molecule has 5 fully saturated rings. The SMILES string of the molecule is CCC(=O)N1CCN(c2ccccc2NC(=O)CC23CC4CC(CC(C4)C2)C3)CC1. The highest BCUT2D eigenvalue weighted by Gasteiger charge is 2.51. The Labute approximate surface area is 180 Å². The lowest BCUT2D eigenvalue weighted by Gasteiger charge is -2.56. The molecule has 1 heterocycles. The molecule has 4 bridgehead atoms. The van der Waals surface area contributed by atoms with Crippen LogP contribution in [-0.4, -0.2) is 42.9 Å². The Morgan fingerprint density at radius 3 is 2.17 bits per heavy atom. The summed E-state index contributed by atoms with van der Waals surface area (Å²) in [6.07, 6.45) is 9.29. The fraction of sp³-hybridized carbons (Fsp3) is 0.680. The van der Waals surface area contributed by atoms with E-state index in [0.29, 0.717) is 12.8 Å². The first kappa shape index (κ1) is 19.9. The molecular weight excluding hydrogens is 374 g/mol. The normalized spacial score (nSPS) is 32.4. The number of hydrogen-bond acceptors (Lipinski definition) is 3. The number of piperazine rings is 1. The van der Waals surface area contributed by atoms with Crippen LogP contribution in [0.4, 0.5) is 11.4 Å². The second kappa shape index (κ2) is 7.90. The molecule has 5 aliphatic rings. The molecule has 162 valence electrons. The summed E-state index contributed by atoms with van der Waals surface area (Å²) in [6.45, 7) is 5.05. The summed E-state index contributed by atoms with van der Waals surface area (Å²) in [5.41, 5.74) is 2.27. The average molecular weight is 410 g/mol. The van der Waals surface area contributed by atoms with Gasteiger partial charge >= 0.3 is 0 Å². The number of hydrogen-bond donors (Lipinski definition) is 1. The Kier molecular flexibility index (Phi) is 5.24. The van der Waals surface area contributed by atoms with Crippen molar-refractivity contribution in [2.24, 2.45) is 23.2 Å². The molecule has 0 unspecified atom stereocenters. The van der Waals surface area contributed by atoms with E-state index >= 15 is 0 Å². The molecule has 1 aliphatic heterocycles. The Bertz CT molecular complexity index is 777. The zero-order valence-electron chi connectivity index (χ0n) is 18.2. The first-order valence-corrected chi connectivity index (χ1v) is 12.0. The number of carbonyl (C=O) groups excluding carboxylic acids is 2. The maximum atomic E-state index is 13.1. The van der Waals surface area contributed by atoms with Crippen molar-refractivity contribution < 1.29 is 9.59 Å². The number of benzene rings is 1. The van der Waals surface area contributed by atoms with Gasteiger partial charge in [0.05, 0.1) is 11.4 Å². The fourth-order valence-corrected chi connectivity index (χ4v) is 7.32. The first-order chi connectivity index (χ1) is 14.5. The summed E-state index contributed by atoms with van der Waals surface area (Å²) < 4.78 is 0. The summed E-state index contributed by atoms with van der Waals surface area (Å²) in [4.78, 5) is 29.4. The first-order valence-electron chi connectivity index (χ1n) is 12.0. The molecule has 1 aromatic carbocycles. The van der Waals surface area contributed by atoms with Crippen LogP contribution in [0.3, 0.4) is 0 Å². The summed E-state index contributed by atoms with van der Waals surface area (Å²) in [7, 11) is 0. The summed E-state index contributed by atoms with van der Waals surface area (Å²) in [6, 6.07) is 8.16. The molecule has 0 radical (unpaired) electrons. The third kappa shape index (κ3) is 3.83. The number of nitrogens with one attached hydrogen (secondary N) is 1. The highest BCUT2D eigenvalue weighted by atomic mass is 16.2. The minimum absolute atomic E-state index is 0.184. The van der Waals surface area contributed by atoms with Gasteiger partial charge in [-0.3, -0.25) is 9.59 Å². The van der Waals surface area contributed by atoms with Crippen LogP contribution in [0.15, 0.2) is 24.3 Å². The molecule has 1 aromatic rings. The van der Waals surface area contributed by atoms with Crippen molar-refractivity contribution in [1.82, 2.24) is 4.90 Å². The molecule has 30 heavy (non-hydrogen) atoms. The van der Waals surface area contributed by atoms with Gasteiger partial charge in [-0.25, -0.2) is 0 Å². The highest BCUT2D eigenvalue weighted by molar-refractivity contribution is 5.94. The van der Waals surface area contributed by atoms with E-state index in [1.165, 1.54) is 38.5 Å². The van der Waals surface area contributed by atoms with Crippen LogP contribution < -0.4 is 10.2 Å². The molecule has 1 saturated heterocycles. The summed E-state index contributed by atoms with van der Waals surface area (Å²) >= 11 is 0. The maximum absolute atomic E-state index is 13.1. The quantitative estimate of drug-likeness (QED) is 0.789. The lowest BCUT2D eigenvalue weighted by molar-refractivity contribution is -0.131. The zero-order chi connectivity index (χ0) is 20.7. The van der Waals surface area contributed by atoms with Crippen LogP contribution in [0, 0.1) is 23.2 Å². The van der Waals surface area contributed by atoms with Crippen molar-refractivity contribution >= 4 is 23.2 Å². The second-order valence-corrected chi connectivity index (χ2v) is 10.4. The molecule has 6 rings (SSSR count). The predicted octanol–water partition coefficient (Wildman–Crippen LogP) is 4.29. The monoisotopic (exact) mass is 409 g/mol. The number of anilines is 2. The van der Waals surface area contributed by atoms with Crippen molar-refractivity contribution in [3.05, 3.63) is 24.3 Å². The van der Waals surface area contributed by atoms with Gasteiger partial charge in [0.15, 0.2) is 0 Å². The number of para-hydroxylation sites is 2. The van der Waals surface area contributed by atoms with E-state index in [1.807, 2.05) is 30.0 Å². The number of rotatable bonds is 5. The minimum Gasteiger partial charge on any atom is -0.366 e. The fourth-order valence-electron chi connectivity index (χ4n) is 7.32. The van der Waals surface area contributed by atoms with Crippen LogP contribution >= 0.6 is 0 Å². The van der Waals surface area contributed by atoms with E-state index in [1.54, 1.807) is 0 Å². The van der Waals surface area contributed by atoms with Gasteiger partial charge in [-0.1, -0.05) is 19.1 Å². The van der Waals surface area contributed by atoms with Gasteiger partial charge in [0.1, 0.15) is 0 Å². The summed E-state index contributed by atoms with van der Waals surface area (Å²) in [5.74, 6) is 3.03. The lowest BCUT2D eigenvalue weighted by atomic mass is 9.49. The lowest BCUT2D eigenvalue weighted by Crippen LogP contribution is -2.49. The highest BCUT2D eigenvalue weighted by Crippen LogP contribution is 2.61. The van der Waals surface area contributed by atoms with Gasteiger partial charge in [0.25, 0.3) is 0 Å². The van der Waals surface area contributed by atoms with E-state index in [9.17, 15) is 9.59 Å². The van der Waals surface area contributed by atoms with Crippen LogP contribution in [0.1, 0.15) is 58.3 Å². The number of amides is 2. The molecule has 2 amide bonds. The topological polar surface area (TPSA) is 52.7 Å². The molecule has 4 aliphatic carbocycles. The van der Waals surface area contributed by atoms with E-state index < -0.39 is 0 Å². The van der Waals surface area contributed by atoms with E-state index in [4.69, 9.17) is 0 Å². The largest absolute Gasteiger partial charge is 0.366 e. The van der Waals surface area contributed by atoms with Gasteiger partial charge in [-0.05, 0) is 73.8 Å². The van der Waals surface area contributed by atoms with Gasteiger partial charge in [-0.2, -0.15) is 0 Å². The Balaban J connectivity index is 1.24. The summed E-state index contributed by atoms with van der Waals surface area (Å²) in [5, 5.41) is 3.27. The standard InChI is InChI=1S/C25H35N3O2/c1-2-24(30)28-9-7-27(8-10-28)22-6-4-3-5-21(22)26-23(29)17-25-14-18-11-19(15-25)13-20(12-18)16-25/h3-6,18-20H,2,7-17H2,1H3,(H,26,29). The third-order valence-corrected chi connectivity index (χ3v) is 8.15. The van der Waals surface area contributed by atoms with Gasteiger partial charge in [0.2, 0.25) is 11.8 Å². The molecule has 0 spiro atoms. The van der Waals surface area contributed by atoms with Crippen LogP contribution in [0.5, 0.6) is 0 Å². The Morgan fingerprint density at radius 1 is 0.967 bits per heavy atom. The maximum Gasteiger partial charge on any atom is 0.224 e. The number of nitrogens with zero attached hydrogens (tertiary/aromatic N) is 2. The van der Waals surface area contributed by atoms with Crippen molar-refractivity contribution in [3.8, 4) is 0 Å². The Morgan fingerprint density at radius 2 is 1.57 bits per heavy atom. The minimum atomic E-state index is 0.184. The van der Waals surface area contributed by atoms with Crippen LogP contribution in [-0.2, 0) is 9.59 Å². The predicted molar refractivity (Wildman–Crippen MR) is 119 cm³/mol. The van der Waals surface area contributed by atoms with Gasteiger partial charge in [0, 0.05) is 39.0 Å². The molecule has 4 saturated carbocycles. The third-order valence-electron chi connectivity index (χ3n) is 8.15. The van der Waals surface area contributed by atoms with Crippen LogP contribution in [0.25, 0.3) is 0 Å². The molecular formula is C25H35N3O2. The molecule has 0 atom stereocenters. The van der Waals surface area contributed by atoms with Crippen molar-refractivity contribution in [3.63, 3.8) is 0 Å². The molecule has 5 heteroatoms. The second-order valence-electron chi connectivity index (χ2n) is 10.4. The van der Waals surface area contributed by atoms with Gasteiger partial charge < -0.3 is 15.1 Å². The van der Waals surface area contributed by atoms with Crippen LogP contribution in [0.2, 0.25) is 0 Å². The average Bonchev–Trinajstić information content (AvgIpc) is 2.72. The molecule has 0 aromatic heterocycles. The van der Waals surface area contributed by atoms with Crippen molar-refractivity contribution in [1.29, 1.82) is 0 Å². The smallest absolute Gasteiger partial charge is 0.224 e. The molecule has 5 nitrogen and oxygen atoms in total. The zero-order valence-corrected chi connectivity index (χ0v) is 18.2. The molecule has 1 N–H and O–H groups in total. The van der Waals surface area contributed by atoms with E-state index in [2.05, 4.69) is 16.3 Å². The number of carbonyl (C=O) groups is 2. The van der Waals surface area contributed by atoms with E-state index in [0.717, 1.165) is 55.3 Å². The van der Waals surface area contributed by atoms with Crippen molar-refractivity contribution in [2.45, 2.75) is 58.3 Å². The van der Waals surface area contributed by atoms with Crippen molar-refractivity contribution in [2.75, 3.05) is 36.4 Å². The van der Waals surface area contributed by atoms with E-state index in [-0.39, 0.29) is 17.2 Å². The van der Waals surface area contributed by atoms with Gasteiger partial charge in [-0.15, -0.1) is 0 Å². The Hall–Kier alpha value is -2.04.